The summed E-state index contributed by atoms with van der Waals surface area (Å²) in [6, 6.07) is 43.5. The highest BCUT2D eigenvalue weighted by Gasteiger charge is 2.23. The Balaban J connectivity index is 1.50. The molecule has 5 heteroatoms. The third-order valence-corrected chi connectivity index (χ3v) is 9.20. The molecule has 2 heterocycles. The summed E-state index contributed by atoms with van der Waals surface area (Å²) >= 11 is 0. The molecular weight excluding hydrogens is 599 g/mol. The highest BCUT2D eigenvalue weighted by molar-refractivity contribution is 6.10. The molecule has 0 radical (unpaired) electrons. The Labute approximate surface area is 287 Å². The number of nitrogens with zero attached hydrogens (tertiary/aromatic N) is 5. The van der Waals surface area contributed by atoms with Crippen molar-refractivity contribution in [2.75, 3.05) is 0 Å². The highest BCUT2D eigenvalue weighted by Crippen LogP contribution is 2.39. The van der Waals surface area contributed by atoms with Crippen LogP contribution in [0.25, 0.3) is 61.4 Å². The second-order valence-electron chi connectivity index (χ2n) is 14.6. The normalized spacial score (nSPS) is 11.8. The molecule has 0 aliphatic heterocycles. The Morgan fingerprint density at radius 3 is 1.47 bits per heavy atom. The van der Waals surface area contributed by atoms with Crippen molar-refractivity contribution in [3.8, 4) is 51.7 Å². The van der Waals surface area contributed by atoms with E-state index in [0.29, 0.717) is 33.9 Å². The number of fused-ring (bicyclic) bond motifs is 3. The number of nitriles is 2. The van der Waals surface area contributed by atoms with Gasteiger partial charge in [-0.25, -0.2) is 9.97 Å². The van der Waals surface area contributed by atoms with Gasteiger partial charge in [0, 0.05) is 33.2 Å². The molecule has 0 N–H and O–H groups in total. The van der Waals surface area contributed by atoms with Crippen molar-refractivity contribution in [3.63, 3.8) is 0 Å². The van der Waals surface area contributed by atoms with Gasteiger partial charge in [-0.1, -0.05) is 114 Å². The van der Waals surface area contributed by atoms with Crippen LogP contribution in [0, 0.1) is 22.7 Å². The Morgan fingerprint density at radius 1 is 0.531 bits per heavy atom. The molecule has 5 aromatic carbocycles. The second kappa shape index (κ2) is 11.9. The molecule has 0 bridgehead atoms. The molecule has 49 heavy (non-hydrogen) atoms. The first-order valence-corrected chi connectivity index (χ1v) is 16.5. The van der Waals surface area contributed by atoms with E-state index in [9.17, 15) is 10.5 Å². The smallest absolute Gasteiger partial charge is 0.160 e. The molecule has 238 valence electrons. The molecule has 7 rings (SSSR count). The molecule has 5 nitrogen and oxygen atoms in total. The Morgan fingerprint density at radius 2 is 1.00 bits per heavy atom. The van der Waals surface area contributed by atoms with Crippen molar-refractivity contribution in [2.24, 2.45) is 0 Å². The SMILES string of the molecule is CC(C)(C)c1ccc2c(c1)c1cc(C(C)(C)C)ccc1n2-c1cc(C#N)c(-c2cc(-c3ccccc3)nc(-c3ccccc3)n2)c(C#N)c1. The van der Waals surface area contributed by atoms with Crippen LogP contribution in [0.15, 0.2) is 115 Å². The molecule has 0 saturated heterocycles. The fraction of sp³-hybridized carbons (Fsp3) is 0.182. The molecule has 0 aliphatic carbocycles. The lowest BCUT2D eigenvalue weighted by molar-refractivity contribution is 0.590. The van der Waals surface area contributed by atoms with Gasteiger partial charge in [-0.2, -0.15) is 10.5 Å². The maximum absolute atomic E-state index is 10.7. The predicted octanol–water partition coefficient (Wildman–Crippen LogP) is 10.9. The third kappa shape index (κ3) is 5.75. The molecule has 7 aromatic rings. The first-order chi connectivity index (χ1) is 23.5. The largest absolute Gasteiger partial charge is 0.309 e. The minimum Gasteiger partial charge on any atom is -0.309 e. The summed E-state index contributed by atoms with van der Waals surface area (Å²) in [4.78, 5) is 9.86. The van der Waals surface area contributed by atoms with Crippen molar-refractivity contribution in [3.05, 3.63) is 138 Å². The number of aromatic nitrogens is 3. The first kappa shape index (κ1) is 31.6. The van der Waals surface area contributed by atoms with E-state index in [1.165, 1.54) is 11.1 Å². The first-order valence-electron chi connectivity index (χ1n) is 16.5. The van der Waals surface area contributed by atoms with Gasteiger partial charge in [0.05, 0.1) is 45.7 Å². The molecule has 0 unspecified atom stereocenters. The minimum atomic E-state index is -0.0252. The highest BCUT2D eigenvalue weighted by atomic mass is 15.0. The summed E-state index contributed by atoms with van der Waals surface area (Å²) in [5.41, 5.74) is 9.51. The Hall–Kier alpha value is -6.04. The van der Waals surface area contributed by atoms with Gasteiger partial charge < -0.3 is 4.57 Å². The Bertz CT molecular complexity index is 2300. The van der Waals surface area contributed by atoms with E-state index < -0.39 is 0 Å². The van der Waals surface area contributed by atoms with E-state index in [4.69, 9.17) is 9.97 Å². The lowest BCUT2D eigenvalue weighted by Crippen LogP contribution is -2.10. The lowest BCUT2D eigenvalue weighted by Gasteiger charge is -2.19. The van der Waals surface area contributed by atoms with Crippen LogP contribution in [0.2, 0.25) is 0 Å². The van der Waals surface area contributed by atoms with Gasteiger partial charge in [0.2, 0.25) is 0 Å². The third-order valence-electron chi connectivity index (χ3n) is 9.20. The van der Waals surface area contributed by atoms with Crippen molar-refractivity contribution in [2.45, 2.75) is 52.4 Å². The maximum Gasteiger partial charge on any atom is 0.160 e. The van der Waals surface area contributed by atoms with E-state index in [2.05, 4.69) is 94.6 Å². The van der Waals surface area contributed by atoms with Gasteiger partial charge in [0.15, 0.2) is 5.82 Å². The Kier molecular flexibility index (Phi) is 7.65. The molecule has 0 aliphatic rings. The zero-order valence-corrected chi connectivity index (χ0v) is 28.7. The van der Waals surface area contributed by atoms with E-state index in [1.807, 2.05) is 78.9 Å². The summed E-state index contributed by atoms with van der Waals surface area (Å²) < 4.78 is 2.18. The lowest BCUT2D eigenvalue weighted by atomic mass is 9.85. The van der Waals surface area contributed by atoms with Gasteiger partial charge >= 0.3 is 0 Å². The number of benzene rings is 5. The average molecular weight is 636 g/mol. The van der Waals surface area contributed by atoms with Crippen molar-refractivity contribution in [1.82, 2.24) is 14.5 Å². The van der Waals surface area contributed by atoms with E-state index in [1.54, 1.807) is 0 Å². The fourth-order valence-corrected chi connectivity index (χ4v) is 6.49. The van der Waals surface area contributed by atoms with Gasteiger partial charge in [-0.05, 0) is 64.4 Å². The predicted molar refractivity (Wildman–Crippen MR) is 200 cm³/mol. The topological polar surface area (TPSA) is 78.3 Å². The van der Waals surface area contributed by atoms with Crippen LogP contribution in [-0.4, -0.2) is 14.5 Å². The quantitative estimate of drug-likeness (QED) is 0.193. The van der Waals surface area contributed by atoms with Gasteiger partial charge in [0.1, 0.15) is 0 Å². The van der Waals surface area contributed by atoms with Gasteiger partial charge in [0.25, 0.3) is 0 Å². The fourth-order valence-electron chi connectivity index (χ4n) is 6.49. The minimum absolute atomic E-state index is 0.0252. The number of hydrogen-bond donors (Lipinski definition) is 0. The molecule has 0 saturated carbocycles. The van der Waals surface area contributed by atoms with Gasteiger partial charge in [-0.3, -0.25) is 0 Å². The molecule has 0 fully saturated rings. The van der Waals surface area contributed by atoms with Crippen LogP contribution < -0.4 is 0 Å². The van der Waals surface area contributed by atoms with Crippen molar-refractivity contribution >= 4 is 21.8 Å². The molecule has 0 amide bonds. The van der Waals surface area contributed by atoms with Crippen LogP contribution in [0.3, 0.4) is 0 Å². The van der Waals surface area contributed by atoms with Gasteiger partial charge in [-0.15, -0.1) is 0 Å². The summed E-state index contributed by atoms with van der Waals surface area (Å²) in [5, 5.41) is 23.6. The molecular formula is C44H37N5. The van der Waals surface area contributed by atoms with Crippen LogP contribution in [0.1, 0.15) is 63.8 Å². The van der Waals surface area contributed by atoms with E-state index in [-0.39, 0.29) is 10.8 Å². The monoisotopic (exact) mass is 635 g/mol. The van der Waals surface area contributed by atoms with Crippen molar-refractivity contribution in [1.29, 1.82) is 10.5 Å². The second-order valence-corrected chi connectivity index (χ2v) is 14.6. The van der Waals surface area contributed by atoms with E-state index in [0.717, 1.165) is 38.6 Å². The van der Waals surface area contributed by atoms with Crippen LogP contribution in [0.5, 0.6) is 0 Å². The number of hydrogen-bond acceptors (Lipinski definition) is 4. The van der Waals surface area contributed by atoms with Crippen LogP contribution >= 0.6 is 0 Å². The zero-order valence-electron chi connectivity index (χ0n) is 28.7. The van der Waals surface area contributed by atoms with Crippen LogP contribution in [0.4, 0.5) is 0 Å². The van der Waals surface area contributed by atoms with Crippen molar-refractivity contribution < 1.29 is 0 Å². The average Bonchev–Trinajstić information content (AvgIpc) is 3.44. The summed E-state index contributed by atoms with van der Waals surface area (Å²) in [7, 11) is 0. The standard InChI is InChI=1S/C44H37N5/c1-43(2,3)32-17-19-39-35(23-32)36-24-33(44(4,5)6)18-20-40(36)49(39)34-21-30(26-45)41(31(22-34)27-46)38-25-37(28-13-9-7-10-14-28)47-42(48-38)29-15-11-8-12-16-29/h7-25H,1-6H3. The van der Waals surface area contributed by atoms with E-state index >= 15 is 0 Å². The summed E-state index contributed by atoms with van der Waals surface area (Å²) in [5.74, 6) is 0.528. The summed E-state index contributed by atoms with van der Waals surface area (Å²) in [6.07, 6.45) is 0. The van der Waals surface area contributed by atoms with Crippen LogP contribution in [-0.2, 0) is 10.8 Å². The molecule has 0 atom stereocenters. The molecule has 0 spiro atoms. The maximum atomic E-state index is 10.7. The molecule has 2 aromatic heterocycles. The number of rotatable bonds is 4. The summed E-state index contributed by atoms with van der Waals surface area (Å²) in [6.45, 7) is 13.4. The zero-order chi connectivity index (χ0) is 34.5.